The van der Waals surface area contributed by atoms with E-state index in [-0.39, 0.29) is 17.1 Å². The van der Waals surface area contributed by atoms with Crippen molar-refractivity contribution in [3.63, 3.8) is 0 Å². The molecule has 1 aromatic rings. The second kappa shape index (κ2) is 10.9. The minimum Gasteiger partial charge on any atom is -0.475 e. The number of aliphatic carboxylic acids is 1. The van der Waals surface area contributed by atoms with Crippen LogP contribution in [-0.4, -0.2) is 76.9 Å². The van der Waals surface area contributed by atoms with Crippen molar-refractivity contribution in [2.75, 3.05) is 37.6 Å². The summed E-state index contributed by atoms with van der Waals surface area (Å²) >= 11 is 0.884. The summed E-state index contributed by atoms with van der Waals surface area (Å²) in [6.07, 6.45) is -1.35. The van der Waals surface area contributed by atoms with E-state index in [9.17, 15) is 27.6 Å². The van der Waals surface area contributed by atoms with Crippen molar-refractivity contribution in [1.29, 1.82) is 0 Å². The fourth-order valence-corrected chi connectivity index (χ4v) is 3.47. The zero-order valence-electron chi connectivity index (χ0n) is 16.6. The Labute approximate surface area is 184 Å². The summed E-state index contributed by atoms with van der Waals surface area (Å²) in [5.74, 6) is -2.33. The molecular weight excluding hydrogens is 455 g/mol. The average Bonchev–Trinajstić information content (AvgIpc) is 3.05. The number of nitrogens with two attached hydrogens (primary N) is 1. The molecule has 174 valence electrons. The molecule has 2 aliphatic rings. The maximum Gasteiger partial charge on any atom is 0.490 e. The van der Waals surface area contributed by atoms with Crippen molar-refractivity contribution in [2.45, 2.75) is 12.6 Å². The van der Waals surface area contributed by atoms with Crippen LogP contribution in [-0.2, 0) is 14.4 Å². The van der Waals surface area contributed by atoms with Gasteiger partial charge in [0.1, 0.15) is 5.82 Å². The lowest BCUT2D eigenvalue weighted by molar-refractivity contribution is -0.192. The minimum atomic E-state index is -5.08. The Morgan fingerprint density at radius 2 is 1.88 bits per heavy atom. The van der Waals surface area contributed by atoms with Crippen LogP contribution in [0.4, 0.5) is 23.8 Å². The molecular formula is C18H20F3N5O5S. The third-order valence-corrected chi connectivity index (χ3v) is 5.09. The lowest BCUT2D eigenvalue weighted by Gasteiger charge is -2.36. The zero-order chi connectivity index (χ0) is 23.9. The molecule has 0 atom stereocenters. The second-order valence-electron chi connectivity index (χ2n) is 6.48. The first-order valence-electron chi connectivity index (χ1n) is 9.25. The molecule has 10 nitrogen and oxygen atoms in total. The van der Waals surface area contributed by atoms with Crippen LogP contribution < -0.4 is 16.0 Å². The molecule has 3 amide bonds. The van der Waals surface area contributed by atoms with Crippen LogP contribution in [0.3, 0.4) is 0 Å². The number of amides is 3. The van der Waals surface area contributed by atoms with Gasteiger partial charge in [-0.2, -0.15) is 13.2 Å². The molecule has 1 aromatic heterocycles. The Hall–Kier alpha value is -3.13. The van der Waals surface area contributed by atoms with E-state index in [4.69, 9.17) is 15.6 Å². The van der Waals surface area contributed by atoms with Gasteiger partial charge in [-0.1, -0.05) is 0 Å². The van der Waals surface area contributed by atoms with E-state index in [2.05, 4.69) is 15.2 Å². The van der Waals surface area contributed by atoms with Gasteiger partial charge in [-0.25, -0.2) is 9.78 Å². The molecule has 0 aliphatic carbocycles. The quantitative estimate of drug-likeness (QED) is 0.544. The van der Waals surface area contributed by atoms with Crippen molar-refractivity contribution >= 4 is 46.7 Å². The van der Waals surface area contributed by atoms with E-state index >= 15 is 0 Å². The summed E-state index contributed by atoms with van der Waals surface area (Å²) in [6, 6.07) is 3.65. The predicted molar refractivity (Wildman–Crippen MR) is 109 cm³/mol. The van der Waals surface area contributed by atoms with E-state index in [1.54, 1.807) is 18.3 Å². The molecule has 3 rings (SSSR count). The molecule has 2 saturated heterocycles. The fourth-order valence-electron chi connectivity index (χ4n) is 2.80. The molecule has 2 aliphatic heterocycles. The first-order chi connectivity index (χ1) is 15.0. The summed E-state index contributed by atoms with van der Waals surface area (Å²) in [4.78, 5) is 52.6. The number of nitrogens with one attached hydrogen (secondary N) is 1. The fraction of sp³-hybridized carbons (Fsp3) is 0.389. The second-order valence-corrected chi connectivity index (χ2v) is 7.49. The van der Waals surface area contributed by atoms with Crippen LogP contribution in [0.1, 0.15) is 12.0 Å². The van der Waals surface area contributed by atoms with Gasteiger partial charge in [-0.05, 0) is 30.0 Å². The maximum atomic E-state index is 11.9. The molecule has 32 heavy (non-hydrogen) atoms. The first-order valence-corrected chi connectivity index (χ1v) is 10.1. The number of pyridine rings is 1. The number of piperazine rings is 1. The number of aromatic nitrogens is 1. The largest absolute Gasteiger partial charge is 0.490 e. The van der Waals surface area contributed by atoms with E-state index in [1.807, 2.05) is 11.0 Å². The van der Waals surface area contributed by atoms with Crippen molar-refractivity contribution < 1.29 is 37.5 Å². The Kier molecular flexibility index (Phi) is 8.60. The third kappa shape index (κ3) is 6.95. The van der Waals surface area contributed by atoms with Gasteiger partial charge in [0.25, 0.3) is 11.1 Å². The van der Waals surface area contributed by atoms with E-state index in [0.717, 1.165) is 23.1 Å². The molecule has 0 saturated carbocycles. The topological polar surface area (TPSA) is 146 Å². The lowest BCUT2D eigenvalue weighted by Crippen LogP contribution is -2.49. The Balaban J connectivity index is 0.000000451. The van der Waals surface area contributed by atoms with Crippen LogP contribution in [0, 0.1) is 0 Å². The standard InChI is InChI=1S/C16H19N5O3S.C2HF3O2/c17-4-3-13(22)20-6-8-21(9-7-20)14-11(2-1-5-18-14)10-12-15(23)19-16(24)25-12;3-2(4,5)1(6)7/h1-2,5,10H,3-4,6-9,17H2,(H,19,23,24);(H,6,7). The Morgan fingerprint density at radius 3 is 2.38 bits per heavy atom. The van der Waals surface area contributed by atoms with Gasteiger partial charge in [-0.15, -0.1) is 0 Å². The molecule has 4 N–H and O–H groups in total. The van der Waals surface area contributed by atoms with Crippen molar-refractivity contribution in [3.8, 4) is 0 Å². The lowest BCUT2D eigenvalue weighted by atomic mass is 10.2. The number of rotatable bonds is 4. The average molecular weight is 475 g/mol. The van der Waals surface area contributed by atoms with E-state index in [1.165, 1.54) is 0 Å². The smallest absolute Gasteiger partial charge is 0.475 e. The van der Waals surface area contributed by atoms with Crippen LogP contribution in [0.15, 0.2) is 23.2 Å². The zero-order valence-corrected chi connectivity index (χ0v) is 17.4. The molecule has 0 radical (unpaired) electrons. The number of alkyl halides is 3. The highest BCUT2D eigenvalue weighted by molar-refractivity contribution is 8.18. The number of carboxylic acids is 1. The molecule has 0 spiro atoms. The number of hydrogen-bond donors (Lipinski definition) is 3. The molecule has 0 aromatic carbocycles. The van der Waals surface area contributed by atoms with Gasteiger partial charge in [0.15, 0.2) is 0 Å². The Bertz CT molecular complexity index is 917. The predicted octanol–water partition coefficient (Wildman–Crippen LogP) is 1.04. The molecule has 0 bridgehead atoms. The van der Waals surface area contributed by atoms with Crippen LogP contribution in [0.2, 0.25) is 0 Å². The number of anilines is 1. The van der Waals surface area contributed by atoms with Crippen LogP contribution in [0.25, 0.3) is 6.08 Å². The SMILES string of the molecule is NCCC(=O)N1CCN(c2ncccc2C=C2SC(=O)NC2=O)CC1.O=C(O)C(F)(F)F. The number of carboxylic acid groups (broad SMARTS) is 1. The number of nitrogens with zero attached hydrogens (tertiary/aromatic N) is 3. The van der Waals surface area contributed by atoms with Crippen molar-refractivity contribution in [1.82, 2.24) is 15.2 Å². The molecule has 3 heterocycles. The number of hydrogen-bond acceptors (Lipinski definition) is 8. The number of carbonyl (C=O) groups is 4. The minimum absolute atomic E-state index is 0.0723. The van der Waals surface area contributed by atoms with Crippen molar-refractivity contribution in [3.05, 3.63) is 28.8 Å². The normalized spacial score (nSPS) is 17.7. The highest BCUT2D eigenvalue weighted by atomic mass is 32.2. The van der Waals surface area contributed by atoms with Gasteiger partial charge in [-0.3, -0.25) is 19.7 Å². The van der Waals surface area contributed by atoms with Gasteiger partial charge < -0.3 is 20.6 Å². The molecule has 2 fully saturated rings. The maximum absolute atomic E-state index is 11.9. The van der Waals surface area contributed by atoms with Crippen LogP contribution >= 0.6 is 11.8 Å². The summed E-state index contributed by atoms with van der Waals surface area (Å²) in [7, 11) is 0. The monoisotopic (exact) mass is 475 g/mol. The summed E-state index contributed by atoms with van der Waals surface area (Å²) in [5, 5.41) is 9.00. The molecule has 14 heteroatoms. The Morgan fingerprint density at radius 1 is 1.25 bits per heavy atom. The van der Waals surface area contributed by atoms with E-state index < -0.39 is 12.1 Å². The number of thioether (sulfide) groups is 1. The van der Waals surface area contributed by atoms with E-state index in [0.29, 0.717) is 44.0 Å². The number of imide groups is 1. The first kappa shape index (κ1) is 25.1. The van der Waals surface area contributed by atoms with Gasteiger partial charge in [0.05, 0.1) is 4.91 Å². The summed E-state index contributed by atoms with van der Waals surface area (Å²) in [6.45, 7) is 2.89. The third-order valence-electron chi connectivity index (χ3n) is 4.28. The highest BCUT2D eigenvalue weighted by Crippen LogP contribution is 2.29. The highest BCUT2D eigenvalue weighted by Gasteiger charge is 2.38. The van der Waals surface area contributed by atoms with Gasteiger partial charge in [0.2, 0.25) is 5.91 Å². The van der Waals surface area contributed by atoms with Gasteiger partial charge in [0, 0.05) is 50.9 Å². The molecule has 0 unspecified atom stereocenters. The van der Waals surface area contributed by atoms with Gasteiger partial charge >= 0.3 is 12.1 Å². The van der Waals surface area contributed by atoms with Crippen LogP contribution in [0.5, 0.6) is 0 Å². The van der Waals surface area contributed by atoms with Crippen molar-refractivity contribution in [2.24, 2.45) is 5.73 Å². The summed E-state index contributed by atoms with van der Waals surface area (Å²) in [5.41, 5.74) is 6.21. The number of carbonyl (C=O) groups excluding carboxylic acids is 3. The number of halogens is 3. The summed E-state index contributed by atoms with van der Waals surface area (Å²) < 4.78 is 31.7.